The van der Waals surface area contributed by atoms with Gasteiger partial charge < -0.3 is 10.6 Å². The molecule has 18 heavy (non-hydrogen) atoms. The number of hydrogen-bond acceptors (Lipinski definition) is 2. The highest BCUT2D eigenvalue weighted by atomic mass is 79.9. The molecular formula is C14H20BrFN2. The molecule has 1 aromatic rings. The summed E-state index contributed by atoms with van der Waals surface area (Å²) in [7, 11) is 0. The van der Waals surface area contributed by atoms with Crippen LogP contribution in [0.1, 0.15) is 25.8 Å². The van der Waals surface area contributed by atoms with Gasteiger partial charge in [0, 0.05) is 18.3 Å². The molecule has 1 unspecified atom stereocenters. The number of rotatable bonds is 2. The maximum absolute atomic E-state index is 13.4. The minimum Gasteiger partial charge on any atom is -0.381 e. The Hall–Kier alpha value is -0.610. The lowest BCUT2D eigenvalue weighted by Crippen LogP contribution is -2.49. The highest BCUT2D eigenvalue weighted by Crippen LogP contribution is 2.31. The van der Waals surface area contributed by atoms with E-state index in [2.05, 4.69) is 40.4 Å². The summed E-state index contributed by atoms with van der Waals surface area (Å²) >= 11 is 3.25. The number of aryl methyl sites for hydroxylation is 1. The van der Waals surface area contributed by atoms with Gasteiger partial charge in [-0.1, -0.05) is 13.8 Å². The second-order valence-electron chi connectivity index (χ2n) is 5.73. The Morgan fingerprint density at radius 1 is 1.44 bits per heavy atom. The number of hydrogen-bond donors (Lipinski definition) is 2. The number of benzene rings is 1. The fourth-order valence-corrected chi connectivity index (χ4v) is 2.77. The van der Waals surface area contributed by atoms with Gasteiger partial charge in [0.1, 0.15) is 5.82 Å². The van der Waals surface area contributed by atoms with E-state index in [1.54, 1.807) is 6.07 Å². The zero-order valence-electron chi connectivity index (χ0n) is 11.1. The lowest BCUT2D eigenvalue weighted by molar-refractivity contribution is 0.236. The van der Waals surface area contributed by atoms with Crippen molar-refractivity contribution in [3.63, 3.8) is 0 Å². The zero-order valence-corrected chi connectivity index (χ0v) is 12.7. The molecule has 1 aromatic carbocycles. The Morgan fingerprint density at radius 3 is 2.83 bits per heavy atom. The van der Waals surface area contributed by atoms with E-state index >= 15 is 0 Å². The maximum Gasteiger partial charge on any atom is 0.137 e. The van der Waals surface area contributed by atoms with Gasteiger partial charge in [-0.25, -0.2) is 4.39 Å². The van der Waals surface area contributed by atoms with Crippen LogP contribution < -0.4 is 10.6 Å². The minimum absolute atomic E-state index is 0.200. The van der Waals surface area contributed by atoms with Crippen LogP contribution in [0.2, 0.25) is 0 Å². The maximum atomic E-state index is 13.4. The molecule has 1 atom stereocenters. The van der Waals surface area contributed by atoms with Crippen LogP contribution >= 0.6 is 15.9 Å². The topological polar surface area (TPSA) is 24.1 Å². The summed E-state index contributed by atoms with van der Waals surface area (Å²) in [4.78, 5) is 0. The van der Waals surface area contributed by atoms with Crippen LogP contribution in [0.4, 0.5) is 10.1 Å². The SMILES string of the molecule is Cc1cc(F)c(Br)cc1NC1CCNCC1(C)C. The minimum atomic E-state index is -0.206. The standard InChI is InChI=1S/C14H20BrFN2/c1-9-6-11(16)10(15)7-12(9)18-13-4-5-17-8-14(13,2)3/h6-7,13,17-18H,4-5,8H2,1-3H3. The molecule has 1 fully saturated rings. The van der Waals surface area contributed by atoms with Crippen molar-refractivity contribution in [1.82, 2.24) is 5.32 Å². The van der Waals surface area contributed by atoms with Crippen LogP contribution in [-0.2, 0) is 0 Å². The summed E-state index contributed by atoms with van der Waals surface area (Å²) in [5.74, 6) is -0.206. The number of anilines is 1. The molecule has 0 aliphatic carbocycles. The number of nitrogens with one attached hydrogen (secondary N) is 2. The first-order valence-corrected chi connectivity index (χ1v) is 7.12. The molecular weight excluding hydrogens is 295 g/mol. The Morgan fingerprint density at radius 2 is 2.17 bits per heavy atom. The van der Waals surface area contributed by atoms with E-state index < -0.39 is 0 Å². The fraction of sp³-hybridized carbons (Fsp3) is 0.571. The first-order chi connectivity index (χ1) is 8.40. The molecule has 0 spiro atoms. The van der Waals surface area contributed by atoms with Gasteiger partial charge in [-0.2, -0.15) is 0 Å². The Balaban J connectivity index is 2.20. The van der Waals surface area contributed by atoms with Crippen molar-refractivity contribution in [2.75, 3.05) is 18.4 Å². The number of piperidine rings is 1. The molecule has 100 valence electrons. The second-order valence-corrected chi connectivity index (χ2v) is 6.59. The largest absolute Gasteiger partial charge is 0.381 e. The predicted octanol–water partition coefficient (Wildman–Crippen LogP) is 3.70. The quantitative estimate of drug-likeness (QED) is 0.870. The van der Waals surface area contributed by atoms with E-state index in [9.17, 15) is 4.39 Å². The van der Waals surface area contributed by atoms with Gasteiger partial charge in [-0.3, -0.25) is 0 Å². The summed E-state index contributed by atoms with van der Waals surface area (Å²) in [6.07, 6.45) is 1.08. The van der Waals surface area contributed by atoms with E-state index in [1.807, 2.05) is 13.0 Å². The third-order valence-corrected chi connectivity index (χ3v) is 4.34. The third kappa shape index (κ3) is 2.86. The van der Waals surface area contributed by atoms with Crippen molar-refractivity contribution in [2.24, 2.45) is 5.41 Å². The average molecular weight is 315 g/mol. The van der Waals surface area contributed by atoms with Crippen molar-refractivity contribution >= 4 is 21.6 Å². The molecule has 1 saturated heterocycles. The summed E-state index contributed by atoms with van der Waals surface area (Å²) < 4.78 is 13.9. The van der Waals surface area contributed by atoms with Gasteiger partial charge in [-0.05, 0) is 58.9 Å². The summed E-state index contributed by atoms with van der Waals surface area (Å²) in [6, 6.07) is 3.82. The lowest BCUT2D eigenvalue weighted by Gasteiger charge is -2.40. The predicted molar refractivity (Wildman–Crippen MR) is 77.5 cm³/mol. The first-order valence-electron chi connectivity index (χ1n) is 6.33. The molecule has 0 bridgehead atoms. The second kappa shape index (κ2) is 5.17. The molecule has 2 N–H and O–H groups in total. The molecule has 0 amide bonds. The van der Waals surface area contributed by atoms with Crippen molar-refractivity contribution in [1.29, 1.82) is 0 Å². The van der Waals surface area contributed by atoms with Crippen molar-refractivity contribution in [2.45, 2.75) is 33.2 Å². The van der Waals surface area contributed by atoms with E-state index in [0.717, 1.165) is 30.8 Å². The summed E-state index contributed by atoms with van der Waals surface area (Å²) in [6.45, 7) is 8.48. The van der Waals surface area contributed by atoms with E-state index in [0.29, 0.717) is 10.5 Å². The Labute approximate surface area is 116 Å². The first kappa shape index (κ1) is 13.8. The lowest BCUT2D eigenvalue weighted by atomic mass is 9.80. The van der Waals surface area contributed by atoms with Crippen LogP contribution in [0.5, 0.6) is 0 Å². The van der Waals surface area contributed by atoms with Crippen molar-refractivity contribution in [3.05, 3.63) is 28.0 Å². The molecule has 2 nitrogen and oxygen atoms in total. The molecule has 1 aliphatic heterocycles. The van der Waals surface area contributed by atoms with Crippen LogP contribution in [-0.4, -0.2) is 19.1 Å². The van der Waals surface area contributed by atoms with Gasteiger partial charge in [0.15, 0.2) is 0 Å². The van der Waals surface area contributed by atoms with Gasteiger partial charge >= 0.3 is 0 Å². The summed E-state index contributed by atoms with van der Waals surface area (Å²) in [5, 5.41) is 6.99. The highest BCUT2D eigenvalue weighted by Gasteiger charge is 2.32. The molecule has 2 rings (SSSR count). The van der Waals surface area contributed by atoms with Gasteiger partial charge in [0.05, 0.1) is 4.47 Å². The third-order valence-electron chi connectivity index (χ3n) is 3.73. The van der Waals surface area contributed by atoms with Crippen LogP contribution in [0.15, 0.2) is 16.6 Å². The van der Waals surface area contributed by atoms with E-state index in [4.69, 9.17) is 0 Å². The van der Waals surface area contributed by atoms with Crippen LogP contribution in [0.25, 0.3) is 0 Å². The smallest absolute Gasteiger partial charge is 0.137 e. The van der Waals surface area contributed by atoms with Gasteiger partial charge in [-0.15, -0.1) is 0 Å². The van der Waals surface area contributed by atoms with Gasteiger partial charge in [0.2, 0.25) is 0 Å². The molecule has 0 radical (unpaired) electrons. The molecule has 1 heterocycles. The van der Waals surface area contributed by atoms with E-state index in [1.165, 1.54) is 0 Å². The number of halogens is 2. The average Bonchev–Trinajstić information content (AvgIpc) is 2.28. The summed E-state index contributed by atoms with van der Waals surface area (Å²) in [5.41, 5.74) is 2.17. The molecule has 1 aliphatic rings. The molecule has 4 heteroatoms. The van der Waals surface area contributed by atoms with Gasteiger partial charge in [0.25, 0.3) is 0 Å². The van der Waals surface area contributed by atoms with Crippen molar-refractivity contribution in [3.8, 4) is 0 Å². The molecule has 0 aromatic heterocycles. The van der Waals surface area contributed by atoms with E-state index in [-0.39, 0.29) is 11.2 Å². The Bertz CT molecular complexity index is 446. The monoisotopic (exact) mass is 314 g/mol. The van der Waals surface area contributed by atoms with Crippen LogP contribution in [0.3, 0.4) is 0 Å². The molecule has 0 saturated carbocycles. The fourth-order valence-electron chi connectivity index (χ4n) is 2.43. The highest BCUT2D eigenvalue weighted by molar-refractivity contribution is 9.10. The zero-order chi connectivity index (χ0) is 13.3. The normalized spacial score (nSPS) is 22.8. The van der Waals surface area contributed by atoms with Crippen molar-refractivity contribution < 1.29 is 4.39 Å². The Kier molecular flexibility index (Phi) is 3.97. The van der Waals surface area contributed by atoms with Crippen LogP contribution in [0, 0.1) is 18.2 Å².